The fourth-order valence-electron chi connectivity index (χ4n) is 2.72. The summed E-state index contributed by atoms with van der Waals surface area (Å²) in [4.78, 5) is 6.90. The van der Waals surface area contributed by atoms with Crippen LogP contribution in [0, 0.1) is 0 Å². The summed E-state index contributed by atoms with van der Waals surface area (Å²) in [6, 6.07) is 4.25. The van der Waals surface area contributed by atoms with E-state index in [0.29, 0.717) is 0 Å². The van der Waals surface area contributed by atoms with Crippen molar-refractivity contribution >= 4 is 5.82 Å². The molecule has 2 heterocycles. The summed E-state index contributed by atoms with van der Waals surface area (Å²) in [7, 11) is 0. The number of anilines is 1. The molecule has 0 unspecified atom stereocenters. The number of hydrogen-bond donors (Lipinski definition) is 2. The van der Waals surface area contributed by atoms with Crippen LogP contribution in [0.3, 0.4) is 0 Å². The molecule has 1 aromatic rings. The third kappa shape index (κ3) is 3.49. The van der Waals surface area contributed by atoms with Gasteiger partial charge in [-0.15, -0.1) is 0 Å². The highest BCUT2D eigenvalue weighted by Crippen LogP contribution is 2.19. The molecule has 0 amide bonds. The molecule has 4 heteroatoms. The number of pyridine rings is 1. The van der Waals surface area contributed by atoms with E-state index in [-0.39, 0.29) is 12.1 Å². The molecule has 0 spiro atoms. The average Bonchev–Trinajstić information content (AvgIpc) is 3.04. The SMILES string of the molecule is CCC(CC)(CO)NCc1ccc(N2CCCC2)nc1. The third-order valence-electron chi connectivity index (χ3n) is 4.56. The van der Waals surface area contributed by atoms with Crippen LogP contribution in [0.15, 0.2) is 18.3 Å². The zero-order valence-electron chi connectivity index (χ0n) is 12.7. The molecule has 2 N–H and O–H groups in total. The van der Waals surface area contributed by atoms with Crippen LogP contribution in [0.25, 0.3) is 0 Å². The molecule has 0 atom stereocenters. The second kappa shape index (κ2) is 7.04. The molecule has 0 bridgehead atoms. The Morgan fingerprint density at radius 1 is 1.25 bits per heavy atom. The zero-order valence-corrected chi connectivity index (χ0v) is 12.7. The topological polar surface area (TPSA) is 48.4 Å². The van der Waals surface area contributed by atoms with Gasteiger partial charge in [-0.05, 0) is 37.3 Å². The Morgan fingerprint density at radius 2 is 1.95 bits per heavy atom. The van der Waals surface area contributed by atoms with Crippen LogP contribution < -0.4 is 10.2 Å². The quantitative estimate of drug-likeness (QED) is 0.803. The molecule has 2 rings (SSSR count). The highest BCUT2D eigenvalue weighted by molar-refractivity contribution is 5.40. The molecule has 0 radical (unpaired) electrons. The first-order valence-corrected chi connectivity index (χ1v) is 7.79. The smallest absolute Gasteiger partial charge is 0.128 e. The fraction of sp³-hybridized carbons (Fsp3) is 0.688. The minimum atomic E-state index is -0.159. The van der Waals surface area contributed by atoms with Crippen molar-refractivity contribution in [1.82, 2.24) is 10.3 Å². The molecular formula is C16H27N3O. The molecule has 112 valence electrons. The van der Waals surface area contributed by atoms with Crippen LogP contribution in [-0.4, -0.2) is 35.3 Å². The summed E-state index contributed by atoms with van der Waals surface area (Å²) >= 11 is 0. The zero-order chi connectivity index (χ0) is 14.4. The summed E-state index contributed by atoms with van der Waals surface area (Å²) in [6.45, 7) is 7.42. The van der Waals surface area contributed by atoms with E-state index in [4.69, 9.17) is 0 Å². The highest BCUT2D eigenvalue weighted by atomic mass is 16.3. The maximum atomic E-state index is 9.56. The lowest BCUT2D eigenvalue weighted by molar-refractivity contribution is 0.149. The van der Waals surface area contributed by atoms with Crippen molar-refractivity contribution < 1.29 is 5.11 Å². The Balaban J connectivity index is 1.93. The second-order valence-corrected chi connectivity index (χ2v) is 5.72. The van der Waals surface area contributed by atoms with Gasteiger partial charge in [0.25, 0.3) is 0 Å². The molecule has 4 nitrogen and oxygen atoms in total. The number of aliphatic hydroxyl groups is 1. The minimum absolute atomic E-state index is 0.159. The van der Waals surface area contributed by atoms with E-state index >= 15 is 0 Å². The number of nitrogens with zero attached hydrogens (tertiary/aromatic N) is 2. The monoisotopic (exact) mass is 277 g/mol. The predicted molar refractivity (Wildman–Crippen MR) is 82.9 cm³/mol. The Kier molecular flexibility index (Phi) is 5.38. The van der Waals surface area contributed by atoms with Gasteiger partial charge < -0.3 is 15.3 Å². The van der Waals surface area contributed by atoms with Gasteiger partial charge in [-0.1, -0.05) is 19.9 Å². The number of nitrogens with one attached hydrogen (secondary N) is 1. The van der Waals surface area contributed by atoms with Crippen LogP contribution in [0.5, 0.6) is 0 Å². The lowest BCUT2D eigenvalue weighted by Gasteiger charge is -2.31. The van der Waals surface area contributed by atoms with Gasteiger partial charge in [0.2, 0.25) is 0 Å². The van der Waals surface area contributed by atoms with Gasteiger partial charge in [0.1, 0.15) is 5.82 Å². The van der Waals surface area contributed by atoms with Crippen LogP contribution in [0.1, 0.15) is 45.1 Å². The summed E-state index contributed by atoms with van der Waals surface area (Å²) < 4.78 is 0. The van der Waals surface area contributed by atoms with E-state index in [1.54, 1.807) is 0 Å². The van der Waals surface area contributed by atoms with Crippen molar-refractivity contribution in [3.8, 4) is 0 Å². The maximum Gasteiger partial charge on any atom is 0.128 e. The molecular weight excluding hydrogens is 250 g/mol. The summed E-state index contributed by atoms with van der Waals surface area (Å²) in [5.41, 5.74) is 1.01. The van der Waals surface area contributed by atoms with Crippen molar-refractivity contribution in [2.24, 2.45) is 0 Å². The van der Waals surface area contributed by atoms with Gasteiger partial charge in [-0.3, -0.25) is 0 Å². The summed E-state index contributed by atoms with van der Waals surface area (Å²) in [5, 5.41) is 13.0. The minimum Gasteiger partial charge on any atom is -0.394 e. The number of aliphatic hydroxyl groups excluding tert-OH is 1. The molecule has 1 saturated heterocycles. The van der Waals surface area contributed by atoms with Crippen molar-refractivity contribution in [3.63, 3.8) is 0 Å². The molecule has 0 aliphatic carbocycles. The van der Waals surface area contributed by atoms with Crippen molar-refractivity contribution in [2.45, 2.75) is 51.6 Å². The lowest BCUT2D eigenvalue weighted by atomic mass is 9.93. The van der Waals surface area contributed by atoms with Gasteiger partial charge in [-0.25, -0.2) is 4.98 Å². The molecule has 1 aliphatic heterocycles. The molecule has 20 heavy (non-hydrogen) atoms. The van der Waals surface area contributed by atoms with Gasteiger partial charge in [0.15, 0.2) is 0 Å². The van der Waals surface area contributed by atoms with Crippen molar-refractivity contribution in [1.29, 1.82) is 0 Å². The molecule has 1 aliphatic rings. The largest absolute Gasteiger partial charge is 0.394 e. The lowest BCUT2D eigenvalue weighted by Crippen LogP contribution is -2.47. The Hall–Kier alpha value is -1.13. The van der Waals surface area contributed by atoms with Gasteiger partial charge in [-0.2, -0.15) is 0 Å². The number of rotatable bonds is 7. The number of hydrogen-bond acceptors (Lipinski definition) is 4. The summed E-state index contributed by atoms with van der Waals surface area (Å²) in [5.74, 6) is 1.09. The van der Waals surface area contributed by atoms with Crippen LogP contribution in [0.2, 0.25) is 0 Å². The van der Waals surface area contributed by atoms with Crippen LogP contribution in [-0.2, 0) is 6.54 Å². The standard InChI is InChI=1S/C16H27N3O/c1-3-16(4-2,13-20)18-12-14-7-8-15(17-11-14)19-9-5-6-10-19/h7-8,11,18,20H,3-6,9-10,12-13H2,1-2H3. The van der Waals surface area contributed by atoms with E-state index < -0.39 is 0 Å². The Bertz CT molecular complexity index is 386. The second-order valence-electron chi connectivity index (χ2n) is 5.72. The van der Waals surface area contributed by atoms with E-state index in [1.807, 2.05) is 6.20 Å². The fourth-order valence-corrected chi connectivity index (χ4v) is 2.72. The molecule has 0 saturated carbocycles. The van der Waals surface area contributed by atoms with Crippen molar-refractivity contribution in [2.75, 3.05) is 24.6 Å². The molecule has 1 fully saturated rings. The van der Waals surface area contributed by atoms with E-state index in [2.05, 4.69) is 41.2 Å². The Morgan fingerprint density at radius 3 is 2.45 bits per heavy atom. The number of aromatic nitrogens is 1. The van der Waals surface area contributed by atoms with E-state index in [0.717, 1.165) is 38.3 Å². The molecule has 0 aromatic carbocycles. The summed E-state index contributed by atoms with van der Waals surface area (Å²) in [6.07, 6.45) is 6.36. The van der Waals surface area contributed by atoms with E-state index in [9.17, 15) is 5.11 Å². The first-order valence-electron chi connectivity index (χ1n) is 7.79. The molecule has 1 aromatic heterocycles. The third-order valence-corrected chi connectivity index (χ3v) is 4.56. The van der Waals surface area contributed by atoms with Crippen LogP contribution in [0.4, 0.5) is 5.82 Å². The van der Waals surface area contributed by atoms with Gasteiger partial charge >= 0.3 is 0 Å². The first-order chi connectivity index (χ1) is 9.73. The van der Waals surface area contributed by atoms with E-state index in [1.165, 1.54) is 18.4 Å². The van der Waals surface area contributed by atoms with Crippen LogP contribution >= 0.6 is 0 Å². The van der Waals surface area contributed by atoms with Gasteiger partial charge in [0, 0.05) is 31.4 Å². The van der Waals surface area contributed by atoms with Crippen molar-refractivity contribution in [3.05, 3.63) is 23.9 Å². The predicted octanol–water partition coefficient (Wildman–Crippen LogP) is 2.32. The van der Waals surface area contributed by atoms with Gasteiger partial charge in [0.05, 0.1) is 6.61 Å². The Labute approximate surface area is 122 Å². The highest BCUT2D eigenvalue weighted by Gasteiger charge is 2.24. The first kappa shape index (κ1) is 15.3. The normalized spacial score (nSPS) is 15.8. The maximum absolute atomic E-state index is 9.56. The average molecular weight is 277 g/mol.